The number of aryl methyl sites for hydroxylation is 1. The second-order valence-corrected chi connectivity index (χ2v) is 3.62. The smallest absolute Gasteiger partial charge is 0.412 e. The van der Waals surface area contributed by atoms with Gasteiger partial charge in [-0.05, 0) is 6.92 Å². The van der Waals surface area contributed by atoms with Crippen LogP contribution in [0.3, 0.4) is 0 Å². The third kappa shape index (κ3) is 1.26. The molecule has 0 aromatic carbocycles. The molecule has 0 radical (unpaired) electrons. The van der Waals surface area contributed by atoms with Gasteiger partial charge in [0.1, 0.15) is 7.05 Å². The predicted octanol–water partition coefficient (Wildman–Crippen LogP) is 0.888. The molecule has 1 N–H and O–H groups in total. The van der Waals surface area contributed by atoms with E-state index in [9.17, 15) is 4.79 Å². The Morgan fingerprint density at radius 1 is 1.55 bits per heavy atom. The number of aromatic nitrogens is 1. The summed E-state index contributed by atoms with van der Waals surface area (Å²) in [5.41, 5.74) is 1.02. The normalized spacial score (nSPS) is 10.1. The molecule has 1 aromatic heterocycles. The van der Waals surface area contributed by atoms with Gasteiger partial charge in [0, 0.05) is 6.92 Å². The zero-order chi connectivity index (χ0) is 8.59. The summed E-state index contributed by atoms with van der Waals surface area (Å²) in [4.78, 5) is 11.6. The molecular formula is C7H10NO2S+. The van der Waals surface area contributed by atoms with Crippen molar-refractivity contribution in [2.75, 3.05) is 0 Å². The Morgan fingerprint density at radius 3 is 2.27 bits per heavy atom. The summed E-state index contributed by atoms with van der Waals surface area (Å²) in [6, 6.07) is 0. The van der Waals surface area contributed by atoms with Gasteiger partial charge < -0.3 is 5.11 Å². The first-order chi connectivity index (χ1) is 5.04. The van der Waals surface area contributed by atoms with Gasteiger partial charge in [-0.3, -0.25) is 0 Å². The fraction of sp³-hybridized carbons (Fsp3) is 0.429. The van der Waals surface area contributed by atoms with Crippen molar-refractivity contribution in [1.29, 1.82) is 0 Å². The van der Waals surface area contributed by atoms with E-state index in [4.69, 9.17) is 5.11 Å². The molecule has 3 nitrogen and oxygen atoms in total. The molecule has 0 atom stereocenters. The molecule has 1 heterocycles. The predicted molar refractivity (Wildman–Crippen MR) is 41.9 cm³/mol. The third-order valence-electron chi connectivity index (χ3n) is 1.75. The first-order valence-electron chi connectivity index (χ1n) is 3.23. The lowest BCUT2D eigenvalue weighted by molar-refractivity contribution is -0.675. The van der Waals surface area contributed by atoms with Gasteiger partial charge in [0.2, 0.25) is 0 Å². The summed E-state index contributed by atoms with van der Waals surface area (Å²) in [6.07, 6.45) is 0. The summed E-state index contributed by atoms with van der Waals surface area (Å²) < 4.78 is 1.70. The molecule has 0 aliphatic heterocycles. The third-order valence-corrected chi connectivity index (χ3v) is 2.99. The van der Waals surface area contributed by atoms with Crippen molar-refractivity contribution < 1.29 is 14.5 Å². The summed E-state index contributed by atoms with van der Waals surface area (Å²) in [5, 5.41) is 9.08. The molecular weight excluding hydrogens is 162 g/mol. The molecule has 0 saturated carbocycles. The van der Waals surface area contributed by atoms with E-state index in [1.54, 1.807) is 11.6 Å². The van der Waals surface area contributed by atoms with Gasteiger partial charge in [-0.1, -0.05) is 11.3 Å². The maximum Gasteiger partial charge on any atom is 0.412 e. The van der Waals surface area contributed by atoms with Crippen molar-refractivity contribution >= 4 is 17.3 Å². The van der Waals surface area contributed by atoms with Crippen LogP contribution < -0.4 is 4.57 Å². The van der Waals surface area contributed by atoms with Crippen LogP contribution in [0.15, 0.2) is 0 Å². The Hall–Kier alpha value is -0.900. The van der Waals surface area contributed by atoms with E-state index < -0.39 is 5.97 Å². The highest BCUT2D eigenvalue weighted by Gasteiger charge is 2.22. The maximum absolute atomic E-state index is 10.6. The highest BCUT2D eigenvalue weighted by Crippen LogP contribution is 2.13. The molecule has 0 spiro atoms. The van der Waals surface area contributed by atoms with Crippen LogP contribution in [-0.4, -0.2) is 11.1 Å². The SMILES string of the molecule is Cc1sc(C(=O)O)[n+](C)c1C. The van der Waals surface area contributed by atoms with E-state index in [0.717, 1.165) is 10.6 Å². The second-order valence-electron chi connectivity index (χ2n) is 2.41. The molecule has 0 saturated heterocycles. The Balaban J connectivity index is 3.29. The topological polar surface area (TPSA) is 41.2 Å². The van der Waals surface area contributed by atoms with Crippen LogP contribution in [0.2, 0.25) is 0 Å². The van der Waals surface area contributed by atoms with Crippen LogP contribution in [0, 0.1) is 13.8 Å². The minimum absolute atomic E-state index is 0.389. The second kappa shape index (κ2) is 2.62. The lowest BCUT2D eigenvalue weighted by Crippen LogP contribution is -2.35. The van der Waals surface area contributed by atoms with Crippen LogP contribution in [0.5, 0.6) is 0 Å². The fourth-order valence-corrected chi connectivity index (χ4v) is 1.80. The standard InChI is InChI=1S/C7H9NO2S/c1-4-5(2)11-6(7(9)10)8(4)3/h1-3H3/p+1. The average Bonchev–Trinajstić information content (AvgIpc) is 2.17. The number of hydrogen-bond donors (Lipinski definition) is 1. The van der Waals surface area contributed by atoms with E-state index >= 15 is 0 Å². The highest BCUT2D eigenvalue weighted by atomic mass is 32.1. The Labute approximate surface area is 68.9 Å². The first kappa shape index (κ1) is 8.20. The zero-order valence-corrected chi connectivity index (χ0v) is 7.53. The van der Waals surface area contributed by atoms with E-state index in [-0.39, 0.29) is 0 Å². The van der Waals surface area contributed by atoms with Crippen LogP contribution in [0.25, 0.3) is 0 Å². The number of carbonyl (C=O) groups is 1. The summed E-state index contributed by atoms with van der Waals surface area (Å²) in [6.45, 7) is 3.84. The van der Waals surface area contributed by atoms with E-state index in [2.05, 4.69) is 0 Å². The Kier molecular flexibility index (Phi) is 1.95. The summed E-state index contributed by atoms with van der Waals surface area (Å²) in [5.74, 6) is -0.853. The van der Waals surface area contributed by atoms with E-state index in [1.807, 2.05) is 13.8 Å². The van der Waals surface area contributed by atoms with Crippen molar-refractivity contribution in [1.82, 2.24) is 0 Å². The Bertz CT molecular complexity index is 304. The number of aromatic carboxylic acids is 1. The van der Waals surface area contributed by atoms with Crippen molar-refractivity contribution in [3.05, 3.63) is 15.6 Å². The van der Waals surface area contributed by atoms with E-state index in [1.165, 1.54) is 11.3 Å². The van der Waals surface area contributed by atoms with Gasteiger partial charge in [-0.15, -0.1) is 0 Å². The van der Waals surface area contributed by atoms with E-state index in [0.29, 0.717) is 5.01 Å². The number of carboxylic acids is 1. The quantitative estimate of drug-likeness (QED) is 0.639. The zero-order valence-electron chi connectivity index (χ0n) is 6.71. The number of nitrogens with zero attached hydrogens (tertiary/aromatic N) is 1. The fourth-order valence-electron chi connectivity index (χ4n) is 0.863. The van der Waals surface area contributed by atoms with Crippen LogP contribution in [0.4, 0.5) is 0 Å². The molecule has 0 unspecified atom stereocenters. The van der Waals surface area contributed by atoms with Crippen LogP contribution in [0.1, 0.15) is 20.4 Å². The largest absolute Gasteiger partial charge is 0.473 e. The monoisotopic (exact) mass is 172 g/mol. The van der Waals surface area contributed by atoms with Crippen molar-refractivity contribution in [3.63, 3.8) is 0 Å². The van der Waals surface area contributed by atoms with Gasteiger partial charge in [-0.2, -0.15) is 4.57 Å². The number of carboxylic acid groups (broad SMARTS) is 1. The lowest BCUT2D eigenvalue weighted by atomic mass is 10.4. The highest BCUT2D eigenvalue weighted by molar-refractivity contribution is 7.13. The Morgan fingerprint density at radius 2 is 2.09 bits per heavy atom. The van der Waals surface area contributed by atoms with Gasteiger partial charge in [0.25, 0.3) is 0 Å². The minimum Gasteiger partial charge on any atom is -0.473 e. The van der Waals surface area contributed by atoms with Gasteiger partial charge >= 0.3 is 11.0 Å². The minimum atomic E-state index is -0.853. The molecule has 4 heteroatoms. The number of rotatable bonds is 1. The summed E-state index contributed by atoms with van der Waals surface area (Å²) in [7, 11) is 1.77. The first-order valence-corrected chi connectivity index (χ1v) is 4.05. The van der Waals surface area contributed by atoms with Crippen LogP contribution >= 0.6 is 11.3 Å². The molecule has 0 fully saturated rings. The van der Waals surface area contributed by atoms with Crippen molar-refractivity contribution in [2.24, 2.45) is 7.05 Å². The van der Waals surface area contributed by atoms with Gasteiger partial charge in [0.15, 0.2) is 5.69 Å². The number of thiazole rings is 1. The molecule has 0 aliphatic rings. The van der Waals surface area contributed by atoms with Crippen LogP contribution in [-0.2, 0) is 7.05 Å². The molecule has 60 valence electrons. The maximum atomic E-state index is 10.6. The van der Waals surface area contributed by atoms with Gasteiger partial charge in [-0.25, -0.2) is 4.79 Å². The lowest BCUT2D eigenvalue weighted by Gasteiger charge is -1.84. The molecule has 11 heavy (non-hydrogen) atoms. The van der Waals surface area contributed by atoms with Crippen molar-refractivity contribution in [3.8, 4) is 0 Å². The van der Waals surface area contributed by atoms with Crippen molar-refractivity contribution in [2.45, 2.75) is 13.8 Å². The molecule has 1 aromatic rings. The molecule has 1 rings (SSSR count). The molecule has 0 aliphatic carbocycles. The summed E-state index contributed by atoms with van der Waals surface area (Å²) >= 11 is 1.31. The molecule has 0 amide bonds. The average molecular weight is 172 g/mol. The molecule has 0 bridgehead atoms. The number of hydrogen-bond acceptors (Lipinski definition) is 2. The van der Waals surface area contributed by atoms with Gasteiger partial charge in [0.05, 0.1) is 4.88 Å².